The van der Waals surface area contributed by atoms with Crippen molar-refractivity contribution in [3.8, 4) is 0 Å². The average Bonchev–Trinajstić information content (AvgIpc) is 3.25. The van der Waals surface area contributed by atoms with Crippen LogP contribution in [-0.4, -0.2) is 54.1 Å². The molecular weight excluding hydrogens is 543 g/mol. The molecule has 2 aromatic rings. The normalized spacial score (nSPS) is 18.6. The van der Waals surface area contributed by atoms with E-state index in [-0.39, 0.29) is 11.7 Å². The third-order valence-electron chi connectivity index (χ3n) is 7.45. The van der Waals surface area contributed by atoms with Crippen molar-refractivity contribution in [2.24, 2.45) is 21.6 Å². The van der Waals surface area contributed by atoms with Crippen molar-refractivity contribution in [2.45, 2.75) is 25.5 Å². The highest BCUT2D eigenvalue weighted by molar-refractivity contribution is 6.03. The zero-order valence-corrected chi connectivity index (χ0v) is 23.9. The molecule has 2 heterocycles. The van der Waals surface area contributed by atoms with E-state index in [1.165, 1.54) is 30.1 Å². The molecule has 0 saturated carbocycles. The summed E-state index contributed by atoms with van der Waals surface area (Å²) in [5.41, 5.74) is 11.8. The van der Waals surface area contributed by atoms with E-state index in [4.69, 9.17) is 11.1 Å². The van der Waals surface area contributed by atoms with E-state index in [9.17, 15) is 9.50 Å². The Bertz CT molecular complexity index is 1540. The Morgan fingerprint density at radius 2 is 2.12 bits per heavy atom. The Hall–Kier alpha value is -4.96. The Labute approximate surface area is 251 Å². The molecule has 9 nitrogen and oxygen atoms in total. The first kappa shape index (κ1) is 29.5. The lowest BCUT2D eigenvalue weighted by Gasteiger charge is -2.22. The third kappa shape index (κ3) is 8.08. The summed E-state index contributed by atoms with van der Waals surface area (Å²) in [7, 11) is 0. The van der Waals surface area contributed by atoms with Gasteiger partial charge in [0.05, 0.1) is 11.8 Å². The number of amidine groups is 1. The molecule has 2 aromatic carbocycles. The van der Waals surface area contributed by atoms with Crippen LogP contribution in [0.15, 0.2) is 112 Å². The van der Waals surface area contributed by atoms with Gasteiger partial charge in [-0.3, -0.25) is 0 Å². The SMILES string of the molecule is N=Cc1cc(NC2=NC=NC3=CC=C(C4C=CN(CC(O)CN/C=C\N)C4)CC=C3C2)ccc1NCc1cccc(F)c1. The number of β-amino-alcohol motifs (C(OH)–C–C–N with tert-alkyl or cyclic N) is 1. The highest BCUT2D eigenvalue weighted by Crippen LogP contribution is 2.30. The first-order valence-electron chi connectivity index (χ1n) is 14.3. The summed E-state index contributed by atoms with van der Waals surface area (Å²) < 4.78 is 13.5. The fraction of sp³-hybridized carbons (Fsp3) is 0.242. The summed E-state index contributed by atoms with van der Waals surface area (Å²) in [6.07, 6.45) is 17.5. The third-order valence-corrected chi connectivity index (χ3v) is 7.45. The molecule has 0 spiro atoms. The quantitative estimate of drug-likeness (QED) is 0.215. The van der Waals surface area contributed by atoms with Crippen LogP contribution in [-0.2, 0) is 6.54 Å². The number of hydrogen-bond acceptors (Lipinski definition) is 9. The number of nitrogens with two attached hydrogens (primary N) is 1. The monoisotopic (exact) mass is 580 g/mol. The summed E-state index contributed by atoms with van der Waals surface area (Å²) in [5.74, 6) is 0.757. The van der Waals surface area contributed by atoms with Crippen LogP contribution >= 0.6 is 0 Å². The van der Waals surface area contributed by atoms with E-state index in [1.54, 1.807) is 18.6 Å². The van der Waals surface area contributed by atoms with Crippen LogP contribution in [0.4, 0.5) is 15.8 Å². The number of fused-ring (bicyclic) bond motifs is 1. The molecule has 0 saturated heterocycles. The van der Waals surface area contributed by atoms with Gasteiger partial charge in [0.15, 0.2) is 0 Å². The van der Waals surface area contributed by atoms with E-state index in [0.717, 1.165) is 47.0 Å². The molecule has 10 heteroatoms. The minimum atomic E-state index is -0.499. The fourth-order valence-corrected chi connectivity index (χ4v) is 5.25. The number of nitrogens with one attached hydrogen (secondary N) is 4. The van der Waals surface area contributed by atoms with E-state index in [1.807, 2.05) is 24.3 Å². The number of rotatable bonds is 11. The number of allylic oxidation sites excluding steroid dienone is 4. The Balaban J connectivity index is 1.17. The fourth-order valence-electron chi connectivity index (χ4n) is 5.25. The topological polar surface area (TPSA) is 134 Å². The highest BCUT2D eigenvalue weighted by atomic mass is 19.1. The molecule has 3 aliphatic rings. The lowest BCUT2D eigenvalue weighted by atomic mass is 9.96. The molecule has 0 fully saturated rings. The molecular formula is C33H37FN8O. The maximum Gasteiger partial charge on any atom is 0.123 e. The van der Waals surface area contributed by atoms with Crippen molar-refractivity contribution in [1.82, 2.24) is 10.2 Å². The lowest BCUT2D eigenvalue weighted by molar-refractivity contribution is 0.137. The standard InChI is InChI=1S/C33H37FN8O/c34-28-3-1-2-23(14-28)18-38-32-9-7-29(15-27(32)17-36)41-33-16-25-5-4-24(6-8-31(25)39-22-40-33)26-10-13-42(20-26)21-30(43)19-37-12-11-35/h1-3,5-15,17,22,26,30,36-38,43H,4,16,18-21,35H2,(H,39,40,41)/b12-11-,36-17?. The van der Waals surface area contributed by atoms with Crippen LogP contribution in [0.3, 0.4) is 0 Å². The Kier molecular flexibility index (Phi) is 9.81. The summed E-state index contributed by atoms with van der Waals surface area (Å²) >= 11 is 0. The summed E-state index contributed by atoms with van der Waals surface area (Å²) in [4.78, 5) is 11.3. The van der Waals surface area contributed by atoms with Gasteiger partial charge in [0.2, 0.25) is 0 Å². The van der Waals surface area contributed by atoms with E-state index >= 15 is 0 Å². The molecule has 5 rings (SSSR count). The predicted molar refractivity (Wildman–Crippen MR) is 173 cm³/mol. The van der Waals surface area contributed by atoms with Crippen LogP contribution in [0.1, 0.15) is 24.0 Å². The van der Waals surface area contributed by atoms with Crippen LogP contribution < -0.4 is 21.7 Å². The molecule has 7 N–H and O–H groups in total. The summed E-state index contributed by atoms with van der Waals surface area (Å²) in [6.45, 7) is 2.27. The van der Waals surface area contributed by atoms with Crippen molar-refractivity contribution < 1.29 is 9.50 Å². The first-order chi connectivity index (χ1) is 21.0. The maximum absolute atomic E-state index is 13.5. The van der Waals surface area contributed by atoms with Crippen molar-refractivity contribution in [1.29, 1.82) is 5.41 Å². The minimum absolute atomic E-state index is 0.267. The number of benzene rings is 2. The van der Waals surface area contributed by atoms with Gasteiger partial charge in [-0.25, -0.2) is 14.4 Å². The number of anilines is 2. The van der Waals surface area contributed by atoms with Gasteiger partial charge in [-0.15, -0.1) is 0 Å². The molecule has 43 heavy (non-hydrogen) atoms. The smallest absolute Gasteiger partial charge is 0.123 e. The van der Waals surface area contributed by atoms with Crippen LogP contribution in [0, 0.1) is 17.1 Å². The van der Waals surface area contributed by atoms with Gasteiger partial charge >= 0.3 is 0 Å². The van der Waals surface area contributed by atoms with Crippen LogP contribution in [0.2, 0.25) is 0 Å². The van der Waals surface area contributed by atoms with Crippen LogP contribution in [0.25, 0.3) is 0 Å². The molecule has 0 aromatic heterocycles. The number of aliphatic hydroxyl groups excluding tert-OH is 1. The number of aliphatic hydroxyl groups is 1. The van der Waals surface area contributed by atoms with Gasteiger partial charge in [0, 0.05) is 74.1 Å². The Morgan fingerprint density at radius 1 is 1.21 bits per heavy atom. The molecule has 0 bridgehead atoms. The second kappa shape index (κ2) is 14.3. The minimum Gasteiger partial charge on any atom is -0.403 e. The molecule has 222 valence electrons. The first-order valence-corrected chi connectivity index (χ1v) is 14.3. The van der Waals surface area contributed by atoms with Crippen molar-refractivity contribution >= 4 is 29.8 Å². The molecule has 2 atom stereocenters. The van der Waals surface area contributed by atoms with Gasteiger partial charge in [0.25, 0.3) is 0 Å². The zero-order valence-electron chi connectivity index (χ0n) is 23.9. The van der Waals surface area contributed by atoms with Crippen LogP contribution in [0.5, 0.6) is 0 Å². The maximum atomic E-state index is 13.5. The lowest BCUT2D eigenvalue weighted by Crippen LogP contribution is -2.34. The van der Waals surface area contributed by atoms with Crippen molar-refractivity contribution in [2.75, 3.05) is 30.3 Å². The summed E-state index contributed by atoms with van der Waals surface area (Å²) in [6, 6.07) is 12.2. The van der Waals surface area contributed by atoms with Gasteiger partial charge in [-0.2, -0.15) is 0 Å². The van der Waals surface area contributed by atoms with Crippen molar-refractivity contribution in [3.63, 3.8) is 0 Å². The summed E-state index contributed by atoms with van der Waals surface area (Å²) in [5, 5.41) is 27.9. The Morgan fingerprint density at radius 3 is 2.95 bits per heavy atom. The largest absolute Gasteiger partial charge is 0.403 e. The van der Waals surface area contributed by atoms with E-state index in [2.05, 4.69) is 61.3 Å². The average molecular weight is 581 g/mol. The van der Waals surface area contributed by atoms with Crippen molar-refractivity contribution in [3.05, 3.63) is 119 Å². The zero-order chi connectivity index (χ0) is 30.0. The molecule has 2 aliphatic heterocycles. The van der Waals surface area contributed by atoms with Gasteiger partial charge in [-0.05, 0) is 60.2 Å². The molecule has 0 radical (unpaired) electrons. The second-order valence-electron chi connectivity index (χ2n) is 10.6. The van der Waals surface area contributed by atoms with Gasteiger partial charge in [-0.1, -0.05) is 35.9 Å². The van der Waals surface area contributed by atoms with Gasteiger partial charge < -0.3 is 37.1 Å². The number of nitrogens with zero attached hydrogens (tertiary/aromatic N) is 3. The number of aliphatic imine (C=N–C) groups is 2. The van der Waals surface area contributed by atoms with E-state index in [0.29, 0.717) is 31.6 Å². The predicted octanol–water partition coefficient (Wildman–Crippen LogP) is 4.64. The molecule has 2 unspecified atom stereocenters. The van der Waals surface area contributed by atoms with Gasteiger partial charge in [0.1, 0.15) is 18.0 Å². The van der Waals surface area contributed by atoms with E-state index < -0.39 is 6.10 Å². The number of halogens is 1. The molecule has 0 amide bonds. The number of hydrogen-bond donors (Lipinski definition) is 6. The molecule has 1 aliphatic carbocycles. The second-order valence-corrected chi connectivity index (χ2v) is 10.6. The highest BCUT2D eigenvalue weighted by Gasteiger charge is 2.22.